The number of methoxy groups -OCH3 is 1. The molecule has 0 heterocycles. The summed E-state index contributed by atoms with van der Waals surface area (Å²) in [5.74, 6) is 2.73. The van der Waals surface area contributed by atoms with E-state index in [4.69, 9.17) is 9.47 Å². The summed E-state index contributed by atoms with van der Waals surface area (Å²) in [6, 6.07) is 13.1. The van der Waals surface area contributed by atoms with E-state index in [0.717, 1.165) is 55.4 Å². The summed E-state index contributed by atoms with van der Waals surface area (Å²) in [6.07, 6.45) is 6.88. The molecule has 2 atom stereocenters. The minimum Gasteiger partial charge on any atom is -0.497 e. The molecule has 4 nitrogen and oxygen atoms in total. The van der Waals surface area contributed by atoms with E-state index in [9.17, 15) is 13.8 Å². The first-order valence-electron chi connectivity index (χ1n) is 12.3. The van der Waals surface area contributed by atoms with Crippen molar-refractivity contribution >= 4 is 7.37 Å². The van der Waals surface area contributed by atoms with E-state index in [2.05, 4.69) is 12.1 Å². The molecule has 0 aromatic heterocycles. The highest BCUT2D eigenvalue weighted by molar-refractivity contribution is 7.58. The van der Waals surface area contributed by atoms with Crippen molar-refractivity contribution in [1.82, 2.24) is 0 Å². The van der Waals surface area contributed by atoms with Gasteiger partial charge in [0, 0.05) is 12.3 Å². The average molecular weight is 475 g/mol. The third kappa shape index (κ3) is 6.39. The third-order valence-electron chi connectivity index (χ3n) is 7.43. The van der Waals surface area contributed by atoms with Gasteiger partial charge >= 0.3 is 0 Å². The van der Waals surface area contributed by atoms with Crippen molar-refractivity contribution in [3.8, 4) is 11.5 Å². The Hall–Kier alpha value is -1.84. The maximum Gasteiger partial charge on any atom is 0.200 e. The van der Waals surface area contributed by atoms with E-state index >= 15 is 0 Å². The van der Waals surface area contributed by atoms with Gasteiger partial charge in [0.1, 0.15) is 17.3 Å². The van der Waals surface area contributed by atoms with Crippen LogP contribution in [0.2, 0.25) is 0 Å². The zero-order valence-electron chi connectivity index (χ0n) is 19.7. The Balaban J connectivity index is 1.33. The fourth-order valence-corrected chi connectivity index (χ4v) is 6.49. The van der Waals surface area contributed by atoms with Gasteiger partial charge < -0.3 is 14.4 Å². The summed E-state index contributed by atoms with van der Waals surface area (Å²) >= 11 is 0. The summed E-state index contributed by atoms with van der Waals surface area (Å²) < 4.78 is 38.2. The lowest BCUT2D eigenvalue weighted by Gasteiger charge is -2.29. The predicted molar refractivity (Wildman–Crippen MR) is 130 cm³/mol. The van der Waals surface area contributed by atoms with Crippen molar-refractivity contribution in [1.29, 1.82) is 0 Å². The summed E-state index contributed by atoms with van der Waals surface area (Å²) in [4.78, 5) is 10.2. The van der Waals surface area contributed by atoms with Crippen LogP contribution in [0.25, 0.3) is 0 Å². The fraction of sp³-hybridized carbons (Fsp3) is 0.556. The van der Waals surface area contributed by atoms with Gasteiger partial charge in [-0.3, -0.25) is 4.57 Å². The monoisotopic (exact) mass is 474 g/mol. The Kier molecular flexibility index (Phi) is 7.81. The Morgan fingerprint density at radius 1 is 1.06 bits per heavy atom. The van der Waals surface area contributed by atoms with Crippen LogP contribution in [-0.4, -0.2) is 30.9 Å². The van der Waals surface area contributed by atoms with Gasteiger partial charge in [0.25, 0.3) is 0 Å². The Bertz CT molecular complexity index is 982. The van der Waals surface area contributed by atoms with Crippen LogP contribution in [0.4, 0.5) is 4.39 Å². The zero-order chi connectivity index (χ0) is 23.4. The minimum atomic E-state index is -3.08. The van der Waals surface area contributed by atoms with Crippen molar-refractivity contribution in [2.45, 2.75) is 57.3 Å². The smallest absolute Gasteiger partial charge is 0.200 e. The predicted octanol–water partition coefficient (Wildman–Crippen LogP) is 6.97. The number of benzene rings is 2. The van der Waals surface area contributed by atoms with Crippen molar-refractivity contribution in [2.24, 2.45) is 11.8 Å². The first kappa shape index (κ1) is 24.3. The van der Waals surface area contributed by atoms with Crippen LogP contribution in [0.1, 0.15) is 68.4 Å². The highest BCUT2D eigenvalue weighted by atomic mass is 31.2. The van der Waals surface area contributed by atoms with Crippen molar-refractivity contribution in [2.75, 3.05) is 26.0 Å². The molecule has 0 bridgehead atoms. The van der Waals surface area contributed by atoms with Gasteiger partial charge in [0.2, 0.25) is 7.37 Å². The molecular weight excluding hydrogens is 438 g/mol. The molecule has 180 valence electrons. The summed E-state index contributed by atoms with van der Waals surface area (Å²) in [6.45, 7) is 2.44. The average Bonchev–Trinajstić information content (AvgIpc) is 3.68. The number of hydrogen-bond donors (Lipinski definition) is 1. The second-order valence-corrected chi connectivity index (χ2v) is 12.5. The SMILES string of the molecule is CCP(=O)(O)C[C@H](c1cccc(OC[C@H]2CC[C@H](c3cc(OC)ccc3F)CC2)c1)C1CC1. The van der Waals surface area contributed by atoms with Crippen LogP contribution in [0.3, 0.4) is 0 Å². The Morgan fingerprint density at radius 3 is 2.48 bits per heavy atom. The minimum absolute atomic E-state index is 0.137. The third-order valence-corrected chi connectivity index (χ3v) is 9.38. The van der Waals surface area contributed by atoms with Gasteiger partial charge in [0.15, 0.2) is 0 Å². The van der Waals surface area contributed by atoms with Crippen LogP contribution in [0, 0.1) is 17.7 Å². The molecule has 0 saturated heterocycles. The van der Waals surface area contributed by atoms with Crippen molar-refractivity contribution in [3.05, 3.63) is 59.4 Å². The van der Waals surface area contributed by atoms with Crippen LogP contribution in [-0.2, 0) is 4.57 Å². The van der Waals surface area contributed by atoms with E-state index in [-0.39, 0.29) is 17.7 Å². The molecule has 2 aliphatic rings. The highest BCUT2D eigenvalue weighted by Crippen LogP contribution is 2.52. The van der Waals surface area contributed by atoms with Crippen LogP contribution in [0.5, 0.6) is 11.5 Å². The fourth-order valence-electron chi connectivity index (χ4n) is 5.11. The molecule has 2 aromatic carbocycles. The maximum absolute atomic E-state index is 14.3. The van der Waals surface area contributed by atoms with Crippen LogP contribution >= 0.6 is 7.37 Å². The molecule has 6 heteroatoms. The van der Waals surface area contributed by atoms with E-state index < -0.39 is 7.37 Å². The second-order valence-electron chi connectivity index (χ2n) is 9.78. The van der Waals surface area contributed by atoms with E-state index in [0.29, 0.717) is 36.5 Å². The van der Waals surface area contributed by atoms with E-state index in [1.54, 1.807) is 20.1 Å². The van der Waals surface area contributed by atoms with Gasteiger partial charge in [-0.15, -0.1) is 0 Å². The normalized spacial score (nSPS) is 23.5. The highest BCUT2D eigenvalue weighted by Gasteiger charge is 2.36. The van der Waals surface area contributed by atoms with Gasteiger partial charge in [0.05, 0.1) is 13.7 Å². The first-order valence-corrected chi connectivity index (χ1v) is 14.3. The number of halogens is 1. The molecule has 0 spiro atoms. The van der Waals surface area contributed by atoms with Crippen LogP contribution in [0.15, 0.2) is 42.5 Å². The Morgan fingerprint density at radius 2 is 1.82 bits per heavy atom. The number of ether oxygens (including phenoxy) is 2. The van der Waals surface area contributed by atoms with Gasteiger partial charge in [-0.1, -0.05) is 19.1 Å². The summed E-state index contributed by atoms with van der Waals surface area (Å²) in [5, 5.41) is 0. The van der Waals surface area contributed by atoms with Crippen LogP contribution < -0.4 is 9.47 Å². The zero-order valence-corrected chi connectivity index (χ0v) is 20.6. The molecule has 0 aliphatic heterocycles. The summed E-state index contributed by atoms with van der Waals surface area (Å²) in [7, 11) is -1.47. The van der Waals surface area contributed by atoms with Gasteiger partial charge in [-0.25, -0.2) is 4.39 Å². The number of hydrogen-bond acceptors (Lipinski definition) is 3. The number of rotatable bonds is 10. The molecule has 2 saturated carbocycles. The second kappa shape index (κ2) is 10.6. The lowest BCUT2D eigenvalue weighted by molar-refractivity contribution is 0.199. The Labute approximate surface area is 197 Å². The first-order chi connectivity index (χ1) is 15.9. The van der Waals surface area contributed by atoms with Gasteiger partial charge in [-0.2, -0.15) is 0 Å². The van der Waals surface area contributed by atoms with Gasteiger partial charge in [-0.05, 0) is 104 Å². The molecule has 1 N–H and O–H groups in total. The molecule has 2 fully saturated rings. The molecular formula is C27H36FO4P. The lowest BCUT2D eigenvalue weighted by Crippen LogP contribution is -2.20. The molecule has 1 unspecified atom stereocenters. The van der Waals surface area contributed by atoms with Crippen molar-refractivity contribution in [3.63, 3.8) is 0 Å². The molecule has 0 amide bonds. The van der Waals surface area contributed by atoms with Crippen molar-refractivity contribution < 1.29 is 23.3 Å². The largest absolute Gasteiger partial charge is 0.497 e. The topological polar surface area (TPSA) is 55.8 Å². The molecule has 0 radical (unpaired) electrons. The molecule has 2 aromatic rings. The lowest BCUT2D eigenvalue weighted by atomic mass is 9.79. The van der Waals surface area contributed by atoms with E-state index in [1.165, 1.54) is 6.07 Å². The molecule has 33 heavy (non-hydrogen) atoms. The van der Waals surface area contributed by atoms with E-state index in [1.807, 2.05) is 18.2 Å². The molecule has 4 rings (SSSR count). The quantitative estimate of drug-likeness (QED) is 0.378. The summed E-state index contributed by atoms with van der Waals surface area (Å²) in [5.41, 5.74) is 1.88. The maximum atomic E-state index is 14.3. The molecule has 2 aliphatic carbocycles. The standard InChI is InChI=1S/C27H36FO4P/c1-3-33(29,30)18-26(21-11-12-21)22-5-4-6-24(15-22)32-17-19-7-9-20(10-8-19)25-16-23(31-2)13-14-27(25)28/h4-6,13-16,19-21,26H,3,7-12,17-18H2,1-2H3,(H,29,30)/t19-,20-,26-/m0/s1.